The fourth-order valence-corrected chi connectivity index (χ4v) is 6.00. The Balaban J connectivity index is 1.36. The zero-order valence-corrected chi connectivity index (χ0v) is 20.3. The third-order valence-corrected chi connectivity index (χ3v) is 7.75. The predicted molar refractivity (Wildman–Crippen MR) is 143 cm³/mol. The summed E-state index contributed by atoms with van der Waals surface area (Å²) < 4.78 is 3.08. The van der Waals surface area contributed by atoms with Gasteiger partial charge in [0.05, 0.1) is 28.3 Å². The smallest absolute Gasteiger partial charge is 0.269 e. The van der Waals surface area contributed by atoms with Gasteiger partial charge in [0.2, 0.25) is 5.43 Å². The third kappa shape index (κ3) is 2.35. The molecule has 0 radical (unpaired) electrons. The summed E-state index contributed by atoms with van der Waals surface area (Å²) in [5.41, 5.74) is 6.56. The molecule has 0 saturated heterocycles. The number of carbonyl (C=O) groups is 2. The lowest BCUT2D eigenvalue weighted by Gasteiger charge is -2.09. The first-order chi connectivity index (χ1) is 18.3. The number of nitrogens with one attached hydrogen (secondary N) is 1. The number of H-pyrrole nitrogens is 1. The van der Waals surface area contributed by atoms with E-state index < -0.39 is 0 Å². The Morgan fingerprint density at radius 2 is 1.66 bits per heavy atom. The topological polar surface area (TPSA) is 110 Å². The minimum atomic E-state index is -0.381. The first-order valence-electron chi connectivity index (χ1n) is 12.2. The molecule has 182 valence electrons. The van der Waals surface area contributed by atoms with Crippen molar-refractivity contribution in [1.82, 2.24) is 19.1 Å². The van der Waals surface area contributed by atoms with Crippen molar-refractivity contribution in [2.24, 2.45) is 0 Å². The highest BCUT2D eigenvalue weighted by Gasteiger charge is 2.36. The van der Waals surface area contributed by atoms with Crippen LogP contribution in [0.15, 0.2) is 65.6 Å². The summed E-state index contributed by atoms with van der Waals surface area (Å²) in [4.78, 5) is 48.0. The van der Waals surface area contributed by atoms with E-state index in [9.17, 15) is 19.5 Å². The van der Waals surface area contributed by atoms with Gasteiger partial charge in [0.15, 0.2) is 0 Å². The molecule has 0 aliphatic carbocycles. The van der Waals surface area contributed by atoms with Crippen molar-refractivity contribution in [3.8, 4) is 39.8 Å². The molecule has 8 nitrogen and oxygen atoms in total. The Morgan fingerprint density at radius 3 is 2.50 bits per heavy atom. The lowest BCUT2D eigenvalue weighted by atomic mass is 10.0. The van der Waals surface area contributed by atoms with E-state index in [2.05, 4.69) is 4.98 Å². The molecule has 0 amide bonds. The van der Waals surface area contributed by atoms with Crippen molar-refractivity contribution in [1.29, 1.82) is 0 Å². The molecule has 38 heavy (non-hydrogen) atoms. The molecule has 0 unspecified atom stereocenters. The lowest BCUT2D eigenvalue weighted by Crippen LogP contribution is -2.18. The van der Waals surface area contributed by atoms with Gasteiger partial charge >= 0.3 is 0 Å². The van der Waals surface area contributed by atoms with E-state index in [1.54, 1.807) is 41.1 Å². The van der Waals surface area contributed by atoms with Crippen LogP contribution in [0.2, 0.25) is 0 Å². The first-order valence-corrected chi connectivity index (χ1v) is 12.2. The van der Waals surface area contributed by atoms with E-state index in [1.165, 1.54) is 4.57 Å². The lowest BCUT2D eigenvalue weighted by molar-refractivity contribution is 0.0960. The van der Waals surface area contributed by atoms with E-state index in [1.807, 2.05) is 38.1 Å². The second kappa shape index (κ2) is 6.74. The molecule has 2 N–H and O–H groups in total. The van der Waals surface area contributed by atoms with Crippen LogP contribution in [0.3, 0.4) is 0 Å². The summed E-state index contributed by atoms with van der Waals surface area (Å²) in [5, 5.41) is 12.0. The van der Waals surface area contributed by atoms with Gasteiger partial charge in [0, 0.05) is 28.0 Å². The van der Waals surface area contributed by atoms with Crippen molar-refractivity contribution in [3.63, 3.8) is 0 Å². The number of aromatic nitrogens is 4. The van der Waals surface area contributed by atoms with E-state index in [0.717, 1.165) is 11.1 Å². The first kappa shape index (κ1) is 20.9. The second-order valence-corrected chi connectivity index (χ2v) is 9.89. The number of aromatic amines is 1. The predicted octanol–water partition coefficient (Wildman–Crippen LogP) is 5.01. The number of aryl methyl sites for hydroxylation is 2. The molecule has 0 atom stereocenters. The van der Waals surface area contributed by atoms with Crippen molar-refractivity contribution < 1.29 is 14.7 Å². The molecule has 6 heterocycles. The molecule has 0 saturated carbocycles. The van der Waals surface area contributed by atoms with Gasteiger partial charge < -0.3 is 10.1 Å². The molecule has 2 aromatic carbocycles. The largest absolute Gasteiger partial charge is 0.506 e. The SMILES string of the molecule is Cc1ccn2c1-c1nc3cc(-c4cc(C)c5n4C(=O)c4c-5[nH]c5ccccc5c4=O)ccc3c(O)c1C2=O. The van der Waals surface area contributed by atoms with Crippen LogP contribution >= 0.6 is 0 Å². The number of carbonyl (C=O) groups excluding carboxylic acids is 2. The Bertz CT molecular complexity index is 2180. The summed E-state index contributed by atoms with van der Waals surface area (Å²) in [5.74, 6) is -0.796. The van der Waals surface area contributed by atoms with Gasteiger partial charge in [-0.1, -0.05) is 18.2 Å². The summed E-state index contributed by atoms with van der Waals surface area (Å²) in [6, 6.07) is 16.2. The van der Waals surface area contributed by atoms with E-state index in [0.29, 0.717) is 55.8 Å². The molecule has 0 spiro atoms. The molecule has 0 fully saturated rings. The molecule has 2 aliphatic rings. The normalized spacial score (nSPS) is 13.3. The van der Waals surface area contributed by atoms with Crippen molar-refractivity contribution in [2.45, 2.75) is 13.8 Å². The van der Waals surface area contributed by atoms with Gasteiger partial charge in [-0.15, -0.1) is 0 Å². The van der Waals surface area contributed by atoms with Crippen LogP contribution < -0.4 is 5.43 Å². The van der Waals surface area contributed by atoms with Crippen molar-refractivity contribution >= 4 is 33.6 Å². The van der Waals surface area contributed by atoms with Gasteiger partial charge in [0.1, 0.15) is 22.6 Å². The number of para-hydroxylation sites is 1. The fourth-order valence-electron chi connectivity index (χ4n) is 6.00. The summed E-state index contributed by atoms with van der Waals surface area (Å²) in [6.45, 7) is 3.81. The van der Waals surface area contributed by atoms with Crippen LogP contribution in [0.1, 0.15) is 31.8 Å². The average molecular weight is 498 g/mol. The van der Waals surface area contributed by atoms with Gasteiger partial charge in [-0.25, -0.2) is 4.98 Å². The monoisotopic (exact) mass is 498 g/mol. The Morgan fingerprint density at radius 1 is 0.842 bits per heavy atom. The van der Waals surface area contributed by atoms with Gasteiger partial charge in [-0.2, -0.15) is 0 Å². The zero-order valence-electron chi connectivity index (χ0n) is 20.3. The minimum Gasteiger partial charge on any atom is -0.506 e. The number of rotatable bonds is 1. The van der Waals surface area contributed by atoms with Crippen LogP contribution in [0.5, 0.6) is 5.75 Å². The molecule has 0 bridgehead atoms. The van der Waals surface area contributed by atoms with Gasteiger partial charge in [-0.3, -0.25) is 23.5 Å². The summed E-state index contributed by atoms with van der Waals surface area (Å²) >= 11 is 0. The summed E-state index contributed by atoms with van der Waals surface area (Å²) in [7, 11) is 0. The minimum absolute atomic E-state index is 0.109. The third-order valence-electron chi connectivity index (χ3n) is 7.75. The van der Waals surface area contributed by atoms with Crippen LogP contribution in [0, 0.1) is 13.8 Å². The number of aromatic hydroxyl groups is 1. The highest BCUT2D eigenvalue weighted by Crippen LogP contribution is 2.43. The maximum Gasteiger partial charge on any atom is 0.269 e. The van der Waals surface area contributed by atoms with Crippen molar-refractivity contribution in [2.75, 3.05) is 0 Å². The molecule has 2 aliphatic heterocycles. The van der Waals surface area contributed by atoms with Crippen LogP contribution in [0.4, 0.5) is 0 Å². The highest BCUT2D eigenvalue weighted by molar-refractivity contribution is 6.15. The van der Waals surface area contributed by atoms with Crippen LogP contribution in [-0.4, -0.2) is 36.0 Å². The Hall–Kier alpha value is -5.24. The zero-order chi connectivity index (χ0) is 26.0. The van der Waals surface area contributed by atoms with Gasteiger partial charge in [0.25, 0.3) is 11.8 Å². The molecule has 8 heteroatoms. The standard InChI is InChI=1S/C30H18N4O4/c1-13-9-10-33-25(13)23-21(29(33)37)28(36)17-8-7-15(12-19(17)32-23)20-11-14(2)26-24-22(30(38)34(20)26)27(35)16-5-3-4-6-18(16)31-24/h3-12H,1-2H3,(H,31,35)(H,32,36). The molecule has 6 aromatic rings. The van der Waals surface area contributed by atoms with Crippen molar-refractivity contribution in [3.05, 3.63) is 93.3 Å². The molecular formula is C30H18N4O4. The number of pyridine rings is 2. The molecular weight excluding hydrogens is 480 g/mol. The Kier molecular flexibility index (Phi) is 3.71. The molecule has 4 aromatic heterocycles. The van der Waals surface area contributed by atoms with E-state index >= 15 is 0 Å². The number of hydrogen-bond acceptors (Lipinski definition) is 5. The highest BCUT2D eigenvalue weighted by atomic mass is 16.3. The number of hydrogen-bond donors (Lipinski definition) is 2. The average Bonchev–Trinajstić information content (AvgIpc) is 3.62. The summed E-state index contributed by atoms with van der Waals surface area (Å²) in [6.07, 6.45) is 1.69. The fraction of sp³-hybridized carbons (Fsp3) is 0.0667. The van der Waals surface area contributed by atoms with Crippen LogP contribution in [0.25, 0.3) is 55.8 Å². The number of benzene rings is 2. The Labute approximate surface area is 214 Å². The maximum atomic E-state index is 13.7. The number of fused-ring (bicyclic) bond motifs is 8. The van der Waals surface area contributed by atoms with E-state index in [-0.39, 0.29) is 34.1 Å². The van der Waals surface area contributed by atoms with E-state index in [4.69, 9.17) is 4.98 Å². The second-order valence-electron chi connectivity index (χ2n) is 9.89. The maximum absolute atomic E-state index is 13.7. The number of nitrogens with zero attached hydrogens (tertiary/aromatic N) is 3. The quantitative estimate of drug-likeness (QED) is 0.331. The molecule has 8 rings (SSSR count). The van der Waals surface area contributed by atoms with Gasteiger partial charge in [-0.05, 0) is 61.4 Å². The van der Waals surface area contributed by atoms with Crippen LogP contribution in [-0.2, 0) is 0 Å².